The van der Waals surface area contributed by atoms with E-state index in [-0.39, 0.29) is 11.5 Å². The maximum Gasteiger partial charge on any atom is 0.266 e. The molecule has 3 aromatic rings. The number of halogens is 3. The van der Waals surface area contributed by atoms with Gasteiger partial charge in [-0.15, -0.1) is 0 Å². The smallest absolute Gasteiger partial charge is 0.266 e. The number of carbonyl (C=O) groups excluding carboxylic acids is 1. The molecule has 0 spiro atoms. The van der Waals surface area contributed by atoms with Gasteiger partial charge in [0.2, 0.25) is 0 Å². The van der Waals surface area contributed by atoms with Gasteiger partial charge in [0.15, 0.2) is 4.84 Å². The first-order valence-corrected chi connectivity index (χ1v) is 10.8. The van der Waals surface area contributed by atoms with Crippen LogP contribution in [-0.4, -0.2) is 31.7 Å². The zero-order chi connectivity index (χ0) is 22.0. The highest BCUT2D eigenvalue weighted by Crippen LogP contribution is 2.26. The Morgan fingerprint density at radius 3 is 2.30 bits per heavy atom. The number of fused-ring (bicyclic) bond motifs is 1. The lowest BCUT2D eigenvalue weighted by Gasteiger charge is -2.32. The van der Waals surface area contributed by atoms with Crippen LogP contribution in [-0.2, 0) is 4.79 Å². The molecule has 0 fully saturated rings. The van der Waals surface area contributed by atoms with Crippen molar-refractivity contribution in [3.63, 3.8) is 0 Å². The van der Waals surface area contributed by atoms with Crippen molar-refractivity contribution in [2.75, 3.05) is 6.54 Å². The topological polar surface area (TPSA) is 55.2 Å². The van der Waals surface area contributed by atoms with Gasteiger partial charge in [0.25, 0.3) is 11.5 Å². The largest absolute Gasteiger partial charge is 0.330 e. The molecule has 8 heteroatoms. The first-order valence-electron chi connectivity index (χ1n) is 9.57. The van der Waals surface area contributed by atoms with Crippen molar-refractivity contribution in [2.24, 2.45) is 5.92 Å². The zero-order valence-electron chi connectivity index (χ0n) is 16.8. The van der Waals surface area contributed by atoms with Gasteiger partial charge in [0, 0.05) is 11.6 Å². The Labute approximate surface area is 190 Å². The highest BCUT2D eigenvalue weighted by molar-refractivity contribution is 6.53. The number of para-hydroxylation sites is 1. The van der Waals surface area contributed by atoms with Gasteiger partial charge in [-0.1, -0.05) is 60.8 Å². The van der Waals surface area contributed by atoms with E-state index in [2.05, 4.69) is 0 Å². The molecule has 2 aromatic carbocycles. The minimum atomic E-state index is -1.21. The number of aromatic nitrogens is 2. The predicted octanol–water partition coefficient (Wildman–Crippen LogP) is 5.39. The van der Waals surface area contributed by atoms with Crippen molar-refractivity contribution >= 4 is 51.6 Å². The van der Waals surface area contributed by atoms with Gasteiger partial charge in [0.05, 0.1) is 22.6 Å². The quantitative estimate of drug-likeness (QED) is 0.458. The van der Waals surface area contributed by atoms with Crippen molar-refractivity contribution < 1.29 is 4.79 Å². The van der Waals surface area contributed by atoms with Gasteiger partial charge in [-0.2, -0.15) is 0 Å². The summed E-state index contributed by atoms with van der Waals surface area (Å²) in [6.45, 7) is 6.22. The monoisotopic (exact) mass is 465 g/mol. The third kappa shape index (κ3) is 4.64. The molecule has 5 nitrogen and oxygen atoms in total. The first kappa shape index (κ1) is 22.6. The van der Waals surface area contributed by atoms with E-state index in [0.29, 0.717) is 34.0 Å². The first-order chi connectivity index (χ1) is 14.2. The van der Waals surface area contributed by atoms with Crippen LogP contribution in [0.3, 0.4) is 0 Å². The van der Waals surface area contributed by atoms with Gasteiger partial charge < -0.3 is 4.90 Å². The molecule has 0 saturated heterocycles. The van der Waals surface area contributed by atoms with Gasteiger partial charge >= 0.3 is 0 Å². The third-order valence-corrected chi connectivity index (χ3v) is 5.38. The van der Waals surface area contributed by atoms with Gasteiger partial charge in [0.1, 0.15) is 5.82 Å². The van der Waals surface area contributed by atoms with Crippen LogP contribution in [0.2, 0.25) is 5.02 Å². The van der Waals surface area contributed by atoms with Crippen molar-refractivity contribution in [3.05, 3.63) is 69.7 Å². The molecular weight excluding hydrogens is 445 g/mol. The normalized spacial score (nSPS) is 12.5. The minimum Gasteiger partial charge on any atom is -0.330 e. The van der Waals surface area contributed by atoms with E-state index >= 15 is 0 Å². The molecule has 1 aromatic heterocycles. The highest BCUT2D eigenvalue weighted by atomic mass is 35.5. The second-order valence-corrected chi connectivity index (χ2v) is 9.00. The summed E-state index contributed by atoms with van der Waals surface area (Å²) in [5, 5.41) is 1.04. The number of carbonyl (C=O) groups is 1. The average Bonchev–Trinajstić information content (AvgIpc) is 2.71. The Hall–Kier alpha value is -2.08. The Bertz CT molecular complexity index is 1110. The minimum absolute atomic E-state index is 0.166. The summed E-state index contributed by atoms with van der Waals surface area (Å²) in [5.74, 6) is 0.160. The Morgan fingerprint density at radius 1 is 1.07 bits per heavy atom. The third-order valence-electron chi connectivity index (χ3n) is 4.76. The maximum absolute atomic E-state index is 13.4. The lowest BCUT2D eigenvalue weighted by molar-refractivity contribution is -0.132. The fraction of sp³-hybridized carbons (Fsp3) is 0.318. The number of benzene rings is 2. The molecule has 0 N–H and O–H groups in total. The van der Waals surface area contributed by atoms with Crippen LogP contribution >= 0.6 is 34.8 Å². The molecule has 0 aliphatic rings. The summed E-state index contributed by atoms with van der Waals surface area (Å²) in [6.07, 6.45) is 0. The fourth-order valence-corrected chi connectivity index (χ4v) is 3.74. The number of hydrogen-bond donors (Lipinski definition) is 0. The van der Waals surface area contributed by atoms with E-state index < -0.39 is 16.8 Å². The fourth-order valence-electron chi connectivity index (χ4n) is 3.37. The van der Waals surface area contributed by atoms with Gasteiger partial charge in [-0.3, -0.25) is 14.2 Å². The molecule has 0 aliphatic heterocycles. The molecule has 0 bridgehead atoms. The van der Waals surface area contributed by atoms with E-state index in [1.54, 1.807) is 47.4 Å². The molecule has 1 atom stereocenters. The Kier molecular flexibility index (Phi) is 7.06. The van der Waals surface area contributed by atoms with Crippen molar-refractivity contribution in [3.8, 4) is 5.69 Å². The summed E-state index contributed by atoms with van der Waals surface area (Å²) in [6, 6.07) is 13.5. The van der Waals surface area contributed by atoms with E-state index in [1.165, 1.54) is 4.57 Å². The molecule has 30 heavy (non-hydrogen) atoms. The van der Waals surface area contributed by atoms with Crippen molar-refractivity contribution in [1.82, 2.24) is 14.5 Å². The zero-order valence-corrected chi connectivity index (χ0v) is 19.1. The Morgan fingerprint density at radius 2 is 1.70 bits per heavy atom. The molecule has 158 valence electrons. The number of rotatable bonds is 6. The number of amides is 1. The van der Waals surface area contributed by atoms with Gasteiger partial charge in [-0.05, 0) is 49.2 Å². The van der Waals surface area contributed by atoms with Crippen molar-refractivity contribution in [1.29, 1.82) is 0 Å². The second kappa shape index (κ2) is 9.38. The van der Waals surface area contributed by atoms with Crippen LogP contribution in [0.25, 0.3) is 16.6 Å². The van der Waals surface area contributed by atoms with E-state index in [0.717, 1.165) is 0 Å². The number of alkyl halides is 2. The summed E-state index contributed by atoms with van der Waals surface area (Å²) < 4.78 is 1.52. The highest BCUT2D eigenvalue weighted by Gasteiger charge is 2.30. The molecule has 1 unspecified atom stereocenters. The predicted molar refractivity (Wildman–Crippen MR) is 123 cm³/mol. The lowest BCUT2D eigenvalue weighted by Crippen LogP contribution is -2.41. The molecular formula is C22H22Cl3N3O2. The number of nitrogens with zero attached hydrogens (tertiary/aromatic N) is 3. The summed E-state index contributed by atoms with van der Waals surface area (Å²) in [4.78, 5) is 31.3. The van der Waals surface area contributed by atoms with Crippen LogP contribution in [0.4, 0.5) is 0 Å². The molecule has 3 rings (SSSR count). The average molecular weight is 467 g/mol. The molecule has 0 aliphatic carbocycles. The van der Waals surface area contributed by atoms with E-state index in [4.69, 9.17) is 39.8 Å². The standard InChI is InChI=1S/C22H22Cl3N3O2/c1-13(2)12-27(22(30)19(24)25)14(3)20-26-18-7-5-4-6-17(18)21(29)28(20)16-10-8-15(23)9-11-16/h4-11,13-14,19H,12H2,1-3H3. The summed E-state index contributed by atoms with van der Waals surface area (Å²) >= 11 is 17.9. The van der Waals surface area contributed by atoms with E-state index in [1.807, 2.05) is 26.8 Å². The van der Waals surface area contributed by atoms with Crippen LogP contribution in [0.1, 0.15) is 32.6 Å². The van der Waals surface area contributed by atoms with Crippen LogP contribution in [0, 0.1) is 5.92 Å². The van der Waals surface area contributed by atoms with Crippen LogP contribution < -0.4 is 5.56 Å². The molecule has 0 saturated carbocycles. The maximum atomic E-state index is 13.4. The number of hydrogen-bond acceptors (Lipinski definition) is 3. The summed E-state index contributed by atoms with van der Waals surface area (Å²) in [7, 11) is 0. The van der Waals surface area contributed by atoms with E-state index in [9.17, 15) is 9.59 Å². The summed E-state index contributed by atoms with van der Waals surface area (Å²) in [5.41, 5.74) is 0.935. The Balaban J connectivity index is 2.27. The van der Waals surface area contributed by atoms with Crippen molar-refractivity contribution in [2.45, 2.75) is 31.6 Å². The van der Waals surface area contributed by atoms with Crippen LogP contribution in [0.5, 0.6) is 0 Å². The molecule has 1 amide bonds. The molecule has 1 heterocycles. The van der Waals surface area contributed by atoms with Gasteiger partial charge in [-0.25, -0.2) is 4.98 Å². The molecule has 0 radical (unpaired) electrons. The lowest BCUT2D eigenvalue weighted by atomic mass is 10.1. The SMILES string of the molecule is CC(C)CN(C(=O)C(Cl)Cl)C(C)c1nc2ccccc2c(=O)n1-c1ccc(Cl)cc1. The van der Waals surface area contributed by atoms with Crippen LogP contribution in [0.15, 0.2) is 53.3 Å². The second-order valence-electron chi connectivity index (χ2n) is 7.47.